The average molecular weight is 416 g/mol. The molecule has 3 heterocycles. The number of nitrogens with one attached hydrogen (secondary N) is 1. The van der Waals surface area contributed by atoms with E-state index in [4.69, 9.17) is 9.15 Å². The lowest BCUT2D eigenvalue weighted by Crippen LogP contribution is -2.65. The van der Waals surface area contributed by atoms with Gasteiger partial charge in [0.05, 0.1) is 18.3 Å². The highest BCUT2D eigenvalue weighted by molar-refractivity contribution is 6.02. The van der Waals surface area contributed by atoms with E-state index < -0.39 is 5.54 Å². The van der Waals surface area contributed by atoms with Crippen LogP contribution in [0.4, 0.5) is 0 Å². The Balaban J connectivity index is 1.65. The Labute approximate surface area is 177 Å². The third-order valence-electron chi connectivity index (χ3n) is 7.29. The SMILES string of the molecule is COCCCN1C(=O)c2cc3occc3n2CC1(C)C(=O)NC1CCCC(C)C1C. The molecule has 4 unspecified atom stereocenters. The van der Waals surface area contributed by atoms with Crippen LogP contribution in [0.5, 0.6) is 0 Å². The second kappa shape index (κ2) is 8.10. The predicted molar refractivity (Wildman–Crippen MR) is 114 cm³/mol. The van der Waals surface area contributed by atoms with Gasteiger partial charge in [-0.3, -0.25) is 9.59 Å². The number of fused-ring (bicyclic) bond motifs is 3. The van der Waals surface area contributed by atoms with Crippen molar-refractivity contribution < 1.29 is 18.7 Å². The zero-order valence-corrected chi connectivity index (χ0v) is 18.4. The highest BCUT2D eigenvalue weighted by Crippen LogP contribution is 2.34. The first kappa shape index (κ1) is 21.0. The normalized spacial score (nSPS) is 29.3. The number of carbonyl (C=O) groups excluding carboxylic acids is 2. The largest absolute Gasteiger partial charge is 0.463 e. The second-order valence-electron chi connectivity index (χ2n) is 9.21. The molecule has 0 aromatic carbocycles. The summed E-state index contributed by atoms with van der Waals surface area (Å²) in [4.78, 5) is 28.8. The van der Waals surface area contributed by atoms with Crippen LogP contribution in [0.25, 0.3) is 11.1 Å². The number of furan rings is 1. The quantitative estimate of drug-likeness (QED) is 0.734. The molecule has 1 saturated carbocycles. The van der Waals surface area contributed by atoms with Gasteiger partial charge < -0.3 is 23.9 Å². The number of methoxy groups -OCH3 is 1. The van der Waals surface area contributed by atoms with Gasteiger partial charge in [0.2, 0.25) is 5.91 Å². The van der Waals surface area contributed by atoms with E-state index in [1.54, 1.807) is 24.3 Å². The van der Waals surface area contributed by atoms with Crippen molar-refractivity contribution in [2.75, 3.05) is 20.3 Å². The van der Waals surface area contributed by atoms with Crippen molar-refractivity contribution in [1.82, 2.24) is 14.8 Å². The molecule has 1 aliphatic carbocycles. The van der Waals surface area contributed by atoms with E-state index in [2.05, 4.69) is 19.2 Å². The van der Waals surface area contributed by atoms with Gasteiger partial charge in [0.1, 0.15) is 11.2 Å². The zero-order valence-electron chi connectivity index (χ0n) is 18.4. The zero-order chi connectivity index (χ0) is 21.5. The summed E-state index contributed by atoms with van der Waals surface area (Å²) < 4.78 is 12.6. The molecular formula is C23H33N3O4. The molecule has 2 amide bonds. The molecule has 1 aliphatic heterocycles. The van der Waals surface area contributed by atoms with E-state index in [0.29, 0.717) is 49.2 Å². The molecule has 1 N–H and O–H groups in total. The molecule has 7 nitrogen and oxygen atoms in total. The standard InChI is InChI=1S/C23H33N3O4/c1-15-7-5-8-17(16(15)2)24-22(28)23(3)14-25-18-9-12-30-20(18)13-19(25)21(27)26(23)10-6-11-29-4/h9,12-13,15-17H,5-8,10-11,14H2,1-4H3,(H,24,28). The minimum absolute atomic E-state index is 0.0739. The summed E-state index contributed by atoms with van der Waals surface area (Å²) in [5.74, 6) is 0.807. The summed E-state index contributed by atoms with van der Waals surface area (Å²) in [5.41, 5.74) is 1.14. The molecule has 0 spiro atoms. The smallest absolute Gasteiger partial charge is 0.271 e. The van der Waals surface area contributed by atoms with Gasteiger partial charge in [-0.05, 0) is 31.6 Å². The van der Waals surface area contributed by atoms with E-state index in [1.807, 2.05) is 17.6 Å². The highest BCUT2D eigenvalue weighted by Gasteiger charge is 2.48. The van der Waals surface area contributed by atoms with Crippen LogP contribution in [0, 0.1) is 11.8 Å². The van der Waals surface area contributed by atoms with E-state index in [1.165, 1.54) is 6.42 Å². The van der Waals surface area contributed by atoms with Crippen molar-refractivity contribution in [3.05, 3.63) is 24.1 Å². The lowest BCUT2D eigenvalue weighted by molar-refractivity contribution is -0.134. The molecule has 2 aliphatic rings. The molecule has 0 bridgehead atoms. The first-order valence-corrected chi connectivity index (χ1v) is 11.1. The maximum absolute atomic E-state index is 13.7. The Morgan fingerprint density at radius 1 is 1.37 bits per heavy atom. The maximum atomic E-state index is 13.7. The minimum atomic E-state index is -0.971. The van der Waals surface area contributed by atoms with Crippen molar-refractivity contribution >= 4 is 22.9 Å². The third kappa shape index (κ3) is 3.43. The van der Waals surface area contributed by atoms with Gasteiger partial charge in [-0.1, -0.05) is 26.7 Å². The lowest BCUT2D eigenvalue weighted by atomic mass is 9.77. The van der Waals surface area contributed by atoms with Gasteiger partial charge in [0.15, 0.2) is 5.58 Å². The van der Waals surface area contributed by atoms with Crippen LogP contribution in [-0.2, 0) is 16.1 Å². The summed E-state index contributed by atoms with van der Waals surface area (Å²) in [6.45, 7) is 7.79. The summed E-state index contributed by atoms with van der Waals surface area (Å²) in [6, 6.07) is 3.79. The van der Waals surface area contributed by atoms with Crippen molar-refractivity contribution in [2.24, 2.45) is 11.8 Å². The van der Waals surface area contributed by atoms with Gasteiger partial charge in [-0.2, -0.15) is 0 Å². The number of ether oxygens (including phenoxy) is 1. The number of aromatic nitrogens is 1. The van der Waals surface area contributed by atoms with E-state index in [9.17, 15) is 9.59 Å². The Kier molecular flexibility index (Phi) is 5.66. The van der Waals surface area contributed by atoms with Gasteiger partial charge >= 0.3 is 0 Å². The Hall–Kier alpha value is -2.28. The molecule has 0 radical (unpaired) electrons. The topological polar surface area (TPSA) is 76.7 Å². The van der Waals surface area contributed by atoms with E-state index in [0.717, 1.165) is 18.4 Å². The van der Waals surface area contributed by atoms with Crippen LogP contribution < -0.4 is 5.32 Å². The van der Waals surface area contributed by atoms with Crippen molar-refractivity contribution in [3.63, 3.8) is 0 Å². The number of hydrogen-bond acceptors (Lipinski definition) is 4. The van der Waals surface area contributed by atoms with Crippen molar-refractivity contribution in [3.8, 4) is 0 Å². The van der Waals surface area contributed by atoms with Gasteiger partial charge in [-0.25, -0.2) is 0 Å². The monoisotopic (exact) mass is 415 g/mol. The molecule has 4 atom stereocenters. The van der Waals surface area contributed by atoms with E-state index in [-0.39, 0.29) is 17.9 Å². The van der Waals surface area contributed by atoms with Crippen LogP contribution in [0.2, 0.25) is 0 Å². The fourth-order valence-electron chi connectivity index (χ4n) is 5.10. The van der Waals surface area contributed by atoms with Gasteiger partial charge in [0, 0.05) is 38.4 Å². The average Bonchev–Trinajstić information content (AvgIpc) is 3.30. The van der Waals surface area contributed by atoms with Crippen molar-refractivity contribution in [1.29, 1.82) is 0 Å². The number of amides is 2. The van der Waals surface area contributed by atoms with Gasteiger partial charge in [0.25, 0.3) is 5.91 Å². The van der Waals surface area contributed by atoms with Crippen LogP contribution in [-0.4, -0.2) is 53.1 Å². The first-order valence-electron chi connectivity index (χ1n) is 11.1. The Bertz CT molecular complexity index is 932. The molecule has 7 heteroatoms. The van der Waals surface area contributed by atoms with Gasteiger partial charge in [-0.15, -0.1) is 0 Å². The molecule has 30 heavy (non-hydrogen) atoms. The lowest BCUT2D eigenvalue weighted by Gasteiger charge is -2.45. The minimum Gasteiger partial charge on any atom is -0.463 e. The summed E-state index contributed by atoms with van der Waals surface area (Å²) in [7, 11) is 1.65. The highest BCUT2D eigenvalue weighted by atomic mass is 16.5. The molecule has 2 aromatic heterocycles. The molecule has 4 rings (SSSR count). The number of carbonyl (C=O) groups is 2. The van der Waals surface area contributed by atoms with Crippen molar-refractivity contribution in [2.45, 2.75) is 64.6 Å². The number of nitrogens with zero attached hydrogens (tertiary/aromatic N) is 2. The Morgan fingerprint density at radius 2 is 2.17 bits per heavy atom. The molecule has 0 saturated heterocycles. The molecule has 1 fully saturated rings. The number of hydrogen-bond donors (Lipinski definition) is 1. The van der Waals surface area contributed by atoms with Crippen LogP contribution >= 0.6 is 0 Å². The second-order valence-corrected chi connectivity index (χ2v) is 9.21. The predicted octanol–water partition coefficient (Wildman–Crippen LogP) is 3.43. The summed E-state index contributed by atoms with van der Waals surface area (Å²) in [6.07, 6.45) is 5.62. The fourth-order valence-corrected chi connectivity index (χ4v) is 5.10. The molecular weight excluding hydrogens is 382 g/mol. The summed E-state index contributed by atoms with van der Waals surface area (Å²) in [5, 5.41) is 3.31. The fraction of sp³-hybridized carbons (Fsp3) is 0.652. The van der Waals surface area contributed by atoms with Crippen LogP contribution in [0.3, 0.4) is 0 Å². The Morgan fingerprint density at radius 3 is 2.93 bits per heavy atom. The third-order valence-corrected chi connectivity index (χ3v) is 7.29. The van der Waals surface area contributed by atoms with Crippen LogP contribution in [0.15, 0.2) is 22.8 Å². The van der Waals surface area contributed by atoms with Crippen LogP contribution in [0.1, 0.15) is 56.9 Å². The summed E-state index contributed by atoms with van der Waals surface area (Å²) >= 11 is 0. The maximum Gasteiger partial charge on any atom is 0.271 e. The van der Waals surface area contributed by atoms with E-state index >= 15 is 0 Å². The molecule has 164 valence electrons. The first-order chi connectivity index (χ1) is 14.4. The number of rotatable bonds is 6. The molecule has 2 aromatic rings.